The molecule has 1 N–H and O–H groups in total. The molecule has 1 saturated heterocycles. The number of hydrogen-bond donors (Lipinski definition) is 1. The maximum atomic E-state index is 13.4. The molecule has 2 aromatic rings. The molecular formula is C28H34F3N3O3. The third-order valence-corrected chi connectivity index (χ3v) is 7.46. The molecule has 2 aromatic carbocycles. The van der Waals surface area contributed by atoms with E-state index in [1.165, 1.54) is 12.1 Å². The van der Waals surface area contributed by atoms with Gasteiger partial charge in [0.25, 0.3) is 5.91 Å². The molecule has 2 amide bonds. The lowest BCUT2D eigenvalue weighted by Gasteiger charge is -2.40. The molecule has 4 rings (SSSR count). The topological polar surface area (TPSA) is 61.9 Å². The summed E-state index contributed by atoms with van der Waals surface area (Å²) in [7, 11) is 1.63. The Balaban J connectivity index is 1.35. The zero-order valence-corrected chi connectivity index (χ0v) is 21.1. The second kappa shape index (κ2) is 12.0. The van der Waals surface area contributed by atoms with Crippen molar-refractivity contribution in [3.8, 4) is 5.75 Å². The van der Waals surface area contributed by atoms with Crippen LogP contribution < -0.4 is 10.1 Å². The number of carbonyl (C=O) groups excluding carboxylic acids is 2. The molecule has 37 heavy (non-hydrogen) atoms. The highest BCUT2D eigenvalue weighted by Crippen LogP contribution is 2.32. The average molecular weight is 518 g/mol. The Morgan fingerprint density at radius 1 is 1.00 bits per heavy atom. The van der Waals surface area contributed by atoms with Crippen LogP contribution in [0.25, 0.3) is 0 Å². The molecule has 9 heteroatoms. The number of ether oxygens (including phenoxy) is 1. The van der Waals surface area contributed by atoms with E-state index in [0.717, 1.165) is 49.1 Å². The number of benzene rings is 2. The van der Waals surface area contributed by atoms with Gasteiger partial charge >= 0.3 is 6.18 Å². The summed E-state index contributed by atoms with van der Waals surface area (Å²) >= 11 is 0. The quantitative estimate of drug-likeness (QED) is 0.564. The summed E-state index contributed by atoms with van der Waals surface area (Å²) in [5.41, 5.74) is 0.506. The van der Waals surface area contributed by atoms with Gasteiger partial charge in [-0.25, -0.2) is 0 Å². The number of halogens is 3. The van der Waals surface area contributed by atoms with E-state index in [9.17, 15) is 22.8 Å². The largest absolute Gasteiger partial charge is 0.496 e. The molecule has 2 fully saturated rings. The molecule has 1 aliphatic heterocycles. The summed E-state index contributed by atoms with van der Waals surface area (Å²) in [5.74, 6) is 0.817. The lowest BCUT2D eigenvalue weighted by Crippen LogP contribution is -2.58. The van der Waals surface area contributed by atoms with E-state index in [-0.39, 0.29) is 29.3 Å². The molecule has 0 spiro atoms. The van der Waals surface area contributed by atoms with Gasteiger partial charge in [-0.1, -0.05) is 31.0 Å². The fourth-order valence-corrected chi connectivity index (χ4v) is 5.47. The first kappa shape index (κ1) is 27.0. The van der Waals surface area contributed by atoms with Gasteiger partial charge in [-0.05, 0) is 61.1 Å². The molecule has 1 unspecified atom stereocenters. The fraction of sp³-hybridized carbons (Fsp3) is 0.500. The smallest absolute Gasteiger partial charge is 0.416 e. The van der Waals surface area contributed by atoms with E-state index in [0.29, 0.717) is 39.1 Å². The molecule has 0 bridgehead atoms. The average Bonchev–Trinajstić information content (AvgIpc) is 3.43. The van der Waals surface area contributed by atoms with Gasteiger partial charge in [0.05, 0.1) is 18.7 Å². The minimum atomic E-state index is -4.43. The van der Waals surface area contributed by atoms with Crippen molar-refractivity contribution in [2.24, 2.45) is 5.92 Å². The van der Waals surface area contributed by atoms with Crippen molar-refractivity contribution >= 4 is 11.8 Å². The van der Waals surface area contributed by atoms with Crippen molar-refractivity contribution in [1.82, 2.24) is 15.1 Å². The number of methoxy groups -OCH3 is 1. The van der Waals surface area contributed by atoms with E-state index in [1.54, 1.807) is 12.0 Å². The molecule has 2 aliphatic rings. The predicted octanol–water partition coefficient (Wildman–Crippen LogP) is 4.39. The minimum Gasteiger partial charge on any atom is -0.496 e. The third kappa shape index (κ3) is 6.63. The number of hydrogen-bond acceptors (Lipinski definition) is 4. The third-order valence-electron chi connectivity index (χ3n) is 7.46. The van der Waals surface area contributed by atoms with E-state index in [2.05, 4.69) is 10.2 Å². The Morgan fingerprint density at radius 2 is 1.65 bits per heavy atom. The number of amides is 2. The monoisotopic (exact) mass is 517 g/mol. The van der Waals surface area contributed by atoms with Crippen LogP contribution in [0.15, 0.2) is 48.5 Å². The van der Waals surface area contributed by atoms with Gasteiger partial charge in [-0.15, -0.1) is 0 Å². The van der Waals surface area contributed by atoms with E-state index >= 15 is 0 Å². The van der Waals surface area contributed by atoms with Gasteiger partial charge in [0, 0.05) is 38.3 Å². The Morgan fingerprint density at radius 3 is 2.27 bits per heavy atom. The highest BCUT2D eigenvalue weighted by molar-refractivity contribution is 5.94. The standard InChI is InChI=1S/C28H34F3N3O3/c1-37-24-9-5-4-6-20(24)14-15-32-26(35)25(21-7-2-3-8-21)33-16-18-34(19-17-33)27(36)22-10-12-23(13-11-22)28(29,30)31/h4-6,9-13,21,25H,2-3,7-8,14-19H2,1H3,(H,32,35). The number of carbonyl (C=O) groups is 2. The molecular weight excluding hydrogens is 483 g/mol. The van der Waals surface area contributed by atoms with Crippen molar-refractivity contribution in [2.45, 2.75) is 44.3 Å². The van der Waals surface area contributed by atoms with Crippen LogP contribution in [0.1, 0.15) is 47.2 Å². The number of rotatable bonds is 8. The van der Waals surface area contributed by atoms with Gasteiger partial charge in [-0.3, -0.25) is 14.5 Å². The van der Waals surface area contributed by atoms with Crippen LogP contribution in [-0.4, -0.2) is 67.5 Å². The highest BCUT2D eigenvalue weighted by atomic mass is 19.4. The first-order valence-electron chi connectivity index (χ1n) is 12.9. The van der Waals surface area contributed by atoms with Crippen molar-refractivity contribution in [1.29, 1.82) is 0 Å². The van der Waals surface area contributed by atoms with Crippen LogP contribution in [-0.2, 0) is 17.4 Å². The molecule has 1 saturated carbocycles. The molecule has 0 aromatic heterocycles. The summed E-state index contributed by atoms with van der Waals surface area (Å²) in [6.45, 7) is 2.46. The van der Waals surface area contributed by atoms with Gasteiger partial charge in [-0.2, -0.15) is 13.2 Å². The van der Waals surface area contributed by atoms with Crippen LogP contribution in [0.5, 0.6) is 5.75 Å². The first-order chi connectivity index (χ1) is 17.8. The number of nitrogens with zero attached hydrogens (tertiary/aromatic N) is 2. The lowest BCUT2D eigenvalue weighted by atomic mass is 9.94. The van der Waals surface area contributed by atoms with Crippen LogP contribution >= 0.6 is 0 Å². The predicted molar refractivity (Wildman–Crippen MR) is 134 cm³/mol. The second-order valence-electron chi connectivity index (χ2n) is 9.75. The van der Waals surface area contributed by atoms with E-state index < -0.39 is 11.7 Å². The molecule has 1 aliphatic carbocycles. The van der Waals surface area contributed by atoms with Crippen molar-refractivity contribution < 1.29 is 27.5 Å². The molecule has 200 valence electrons. The van der Waals surface area contributed by atoms with Gasteiger partial charge in [0.2, 0.25) is 5.91 Å². The Bertz CT molecular complexity index is 1060. The molecule has 0 radical (unpaired) electrons. The van der Waals surface area contributed by atoms with Crippen LogP contribution in [0.3, 0.4) is 0 Å². The van der Waals surface area contributed by atoms with Crippen molar-refractivity contribution in [2.75, 3.05) is 39.8 Å². The van der Waals surface area contributed by atoms with Gasteiger partial charge in [0.15, 0.2) is 0 Å². The minimum absolute atomic E-state index is 0.0179. The number of para-hydroxylation sites is 1. The van der Waals surface area contributed by atoms with Gasteiger partial charge in [0.1, 0.15) is 5.75 Å². The van der Waals surface area contributed by atoms with Crippen molar-refractivity contribution in [3.63, 3.8) is 0 Å². The summed E-state index contributed by atoms with van der Waals surface area (Å²) < 4.78 is 43.9. The first-order valence-corrected chi connectivity index (χ1v) is 12.9. The zero-order valence-electron chi connectivity index (χ0n) is 21.1. The number of piperazine rings is 1. The molecule has 1 heterocycles. The summed E-state index contributed by atoms with van der Waals surface area (Å²) in [6, 6.07) is 11.9. The van der Waals surface area contributed by atoms with E-state index in [4.69, 9.17) is 4.74 Å². The van der Waals surface area contributed by atoms with Crippen molar-refractivity contribution in [3.05, 3.63) is 65.2 Å². The maximum absolute atomic E-state index is 13.4. The number of nitrogens with one attached hydrogen (secondary N) is 1. The fourth-order valence-electron chi connectivity index (χ4n) is 5.47. The highest BCUT2D eigenvalue weighted by Gasteiger charge is 2.37. The second-order valence-corrected chi connectivity index (χ2v) is 9.75. The lowest BCUT2D eigenvalue weighted by molar-refractivity contribution is -0.137. The SMILES string of the molecule is COc1ccccc1CCNC(=O)C(C1CCCC1)N1CCN(C(=O)c2ccc(C(F)(F)F)cc2)CC1. The summed E-state index contributed by atoms with van der Waals surface area (Å²) in [5, 5.41) is 3.13. The normalized spacial score (nSPS) is 18.0. The zero-order chi connectivity index (χ0) is 26.4. The van der Waals surface area contributed by atoms with Crippen LogP contribution in [0.2, 0.25) is 0 Å². The van der Waals surface area contributed by atoms with Crippen LogP contribution in [0, 0.1) is 5.92 Å². The Hall–Kier alpha value is -3.07. The Kier molecular flexibility index (Phi) is 8.74. The maximum Gasteiger partial charge on any atom is 0.416 e. The molecule has 6 nitrogen and oxygen atoms in total. The summed E-state index contributed by atoms with van der Waals surface area (Å²) in [6.07, 6.45) is 0.480. The molecule has 1 atom stereocenters. The number of alkyl halides is 3. The van der Waals surface area contributed by atoms with Gasteiger partial charge < -0.3 is 15.0 Å². The summed E-state index contributed by atoms with van der Waals surface area (Å²) in [4.78, 5) is 30.1. The van der Waals surface area contributed by atoms with E-state index in [1.807, 2.05) is 24.3 Å². The Labute approximate surface area is 215 Å². The van der Waals surface area contributed by atoms with Crippen LogP contribution in [0.4, 0.5) is 13.2 Å².